The lowest BCUT2D eigenvalue weighted by Gasteiger charge is -2.23. The van der Waals surface area contributed by atoms with Crippen molar-refractivity contribution in [2.45, 2.75) is 13.0 Å². The van der Waals surface area contributed by atoms with Gasteiger partial charge < -0.3 is 14.9 Å². The van der Waals surface area contributed by atoms with Gasteiger partial charge in [0.25, 0.3) is 5.78 Å². The number of carbonyl (C=O) groups is 2. The Morgan fingerprint density at radius 2 is 1.82 bits per heavy atom. The maximum atomic E-state index is 13.3. The van der Waals surface area contributed by atoms with Gasteiger partial charge in [0.15, 0.2) is 5.13 Å². The monoisotopic (exact) mass is 472 g/mol. The molecule has 0 unspecified atom stereocenters. The van der Waals surface area contributed by atoms with E-state index in [1.54, 1.807) is 36.4 Å². The third kappa shape index (κ3) is 3.58. The number of phenols is 1. The van der Waals surface area contributed by atoms with Crippen LogP contribution in [0.3, 0.4) is 0 Å². The number of aromatic hydroxyl groups is 1. The predicted octanol–water partition coefficient (Wildman–Crippen LogP) is 4.95. The van der Waals surface area contributed by atoms with Crippen molar-refractivity contribution in [2.75, 3.05) is 12.0 Å². The number of amides is 1. The number of phenolic OH excluding ortho intramolecular Hbond substituents is 1. The molecule has 0 saturated carbocycles. The number of aliphatic hydroxyl groups excluding tert-OH is 1. The number of hydrogen-bond donors (Lipinski definition) is 2. The number of ketones is 1. The lowest BCUT2D eigenvalue weighted by Crippen LogP contribution is -2.29. The molecule has 170 valence electrons. The van der Waals surface area contributed by atoms with Gasteiger partial charge in [0, 0.05) is 5.56 Å². The maximum absolute atomic E-state index is 13.3. The zero-order valence-electron chi connectivity index (χ0n) is 18.4. The number of rotatable bonds is 4. The fraction of sp³-hybridized carbons (Fsp3) is 0.115. The number of methoxy groups -OCH3 is 1. The van der Waals surface area contributed by atoms with Gasteiger partial charge in [-0.25, -0.2) is 4.98 Å². The predicted molar refractivity (Wildman–Crippen MR) is 130 cm³/mol. The molecule has 34 heavy (non-hydrogen) atoms. The molecule has 1 aliphatic rings. The number of aliphatic hydroxyl groups is 1. The minimum atomic E-state index is -0.923. The van der Waals surface area contributed by atoms with E-state index >= 15 is 0 Å². The van der Waals surface area contributed by atoms with Crippen LogP contribution in [0.2, 0.25) is 0 Å². The molecule has 1 aromatic heterocycles. The van der Waals surface area contributed by atoms with E-state index in [9.17, 15) is 19.8 Å². The van der Waals surface area contributed by atoms with Crippen molar-refractivity contribution in [1.82, 2.24) is 4.98 Å². The minimum absolute atomic E-state index is 0.0453. The van der Waals surface area contributed by atoms with E-state index in [1.165, 1.54) is 35.5 Å². The summed E-state index contributed by atoms with van der Waals surface area (Å²) in [6.07, 6.45) is 0. The van der Waals surface area contributed by atoms with Crippen LogP contribution in [-0.4, -0.2) is 34.0 Å². The fourth-order valence-corrected chi connectivity index (χ4v) is 5.14. The number of hydrogen-bond acceptors (Lipinski definition) is 7. The van der Waals surface area contributed by atoms with E-state index in [1.807, 2.05) is 25.1 Å². The second kappa shape index (κ2) is 8.31. The quantitative estimate of drug-likeness (QED) is 0.248. The van der Waals surface area contributed by atoms with Crippen molar-refractivity contribution in [3.8, 4) is 11.5 Å². The first-order chi connectivity index (χ1) is 16.4. The van der Waals surface area contributed by atoms with Crippen LogP contribution in [0.5, 0.6) is 11.5 Å². The van der Waals surface area contributed by atoms with Crippen LogP contribution in [0.4, 0.5) is 5.13 Å². The van der Waals surface area contributed by atoms with Gasteiger partial charge >= 0.3 is 5.91 Å². The fourth-order valence-electron chi connectivity index (χ4n) is 4.05. The summed E-state index contributed by atoms with van der Waals surface area (Å²) in [6.45, 7) is 1.97. The molecule has 5 rings (SSSR count). The topological polar surface area (TPSA) is 100.0 Å². The Hall–Kier alpha value is -4.17. The molecule has 0 radical (unpaired) electrons. The van der Waals surface area contributed by atoms with E-state index in [0.29, 0.717) is 27.5 Å². The van der Waals surface area contributed by atoms with Crippen LogP contribution >= 0.6 is 11.3 Å². The molecular formula is C26H20N2O5S. The van der Waals surface area contributed by atoms with Gasteiger partial charge in [-0.1, -0.05) is 41.7 Å². The second-order valence-corrected chi connectivity index (χ2v) is 8.97. The summed E-state index contributed by atoms with van der Waals surface area (Å²) in [5.41, 5.74) is 2.61. The molecule has 1 saturated heterocycles. The second-order valence-electron chi connectivity index (χ2n) is 7.96. The number of ether oxygens (including phenoxy) is 1. The molecule has 7 nitrogen and oxygen atoms in total. The van der Waals surface area contributed by atoms with Crippen LogP contribution < -0.4 is 9.64 Å². The van der Waals surface area contributed by atoms with Crippen molar-refractivity contribution in [3.05, 3.63) is 89.0 Å². The van der Waals surface area contributed by atoms with Crippen molar-refractivity contribution in [1.29, 1.82) is 0 Å². The molecule has 4 aromatic rings. The number of aromatic nitrogens is 1. The molecular weight excluding hydrogens is 452 g/mol. The van der Waals surface area contributed by atoms with E-state index < -0.39 is 17.7 Å². The molecule has 1 fully saturated rings. The molecule has 0 spiro atoms. The molecule has 1 amide bonds. The molecule has 3 aromatic carbocycles. The standard InChI is InChI=1S/C26H20N2O5S/c1-14-6-11-19-20(12-14)34-26(27-19)28-22(15-7-9-17(29)10-8-15)21(24(31)25(28)32)23(30)16-4-3-5-18(13-16)33-2/h3-13,22,29-30H,1-2H3/t22-/m0/s1. The summed E-state index contributed by atoms with van der Waals surface area (Å²) < 4.78 is 6.13. The van der Waals surface area contributed by atoms with Crippen molar-refractivity contribution in [2.24, 2.45) is 0 Å². The largest absolute Gasteiger partial charge is 0.508 e. The summed E-state index contributed by atoms with van der Waals surface area (Å²) >= 11 is 1.30. The molecule has 0 bridgehead atoms. The summed E-state index contributed by atoms with van der Waals surface area (Å²) in [7, 11) is 1.50. The third-order valence-corrected chi connectivity index (χ3v) is 6.75. The Morgan fingerprint density at radius 1 is 1.06 bits per heavy atom. The third-order valence-electron chi connectivity index (χ3n) is 5.74. The Morgan fingerprint density at radius 3 is 2.56 bits per heavy atom. The average Bonchev–Trinajstić information content (AvgIpc) is 3.37. The summed E-state index contributed by atoms with van der Waals surface area (Å²) in [6, 6.07) is 17.7. The zero-order chi connectivity index (χ0) is 24.0. The van der Waals surface area contributed by atoms with Gasteiger partial charge in [-0.15, -0.1) is 0 Å². The van der Waals surface area contributed by atoms with Crippen LogP contribution in [0.15, 0.2) is 72.3 Å². The number of fused-ring (bicyclic) bond motifs is 1. The number of nitrogens with zero attached hydrogens (tertiary/aromatic N) is 2. The Bertz CT molecular complexity index is 1470. The summed E-state index contributed by atoms with van der Waals surface area (Å²) in [5, 5.41) is 21.4. The molecule has 2 N–H and O–H groups in total. The van der Waals surface area contributed by atoms with Gasteiger partial charge in [-0.3, -0.25) is 14.5 Å². The van der Waals surface area contributed by atoms with Crippen molar-refractivity contribution < 1.29 is 24.5 Å². The highest BCUT2D eigenvalue weighted by Gasteiger charge is 2.48. The van der Waals surface area contributed by atoms with Crippen LogP contribution in [0.1, 0.15) is 22.7 Å². The van der Waals surface area contributed by atoms with Gasteiger partial charge in [0.05, 0.1) is 28.9 Å². The van der Waals surface area contributed by atoms with Crippen LogP contribution in [0.25, 0.3) is 16.0 Å². The average molecular weight is 473 g/mol. The first-order valence-corrected chi connectivity index (χ1v) is 11.3. The number of carbonyl (C=O) groups excluding carboxylic acids is 2. The molecule has 1 atom stereocenters. The Kier molecular flexibility index (Phi) is 5.30. The highest BCUT2D eigenvalue weighted by atomic mass is 32.1. The van der Waals surface area contributed by atoms with Crippen molar-refractivity contribution >= 4 is 44.1 Å². The molecule has 0 aliphatic carbocycles. The first kappa shape index (κ1) is 21.7. The number of thiazole rings is 1. The Balaban J connectivity index is 1.73. The molecule has 8 heteroatoms. The maximum Gasteiger partial charge on any atom is 0.301 e. The summed E-state index contributed by atoms with van der Waals surface area (Å²) in [5.74, 6) is -1.35. The number of Topliss-reactive ketones (excluding diaryl/α,β-unsaturated/α-hetero) is 1. The minimum Gasteiger partial charge on any atom is -0.508 e. The smallest absolute Gasteiger partial charge is 0.301 e. The van der Waals surface area contributed by atoms with Crippen LogP contribution in [-0.2, 0) is 9.59 Å². The van der Waals surface area contributed by atoms with Crippen LogP contribution in [0, 0.1) is 6.92 Å². The Labute approximate surface area is 199 Å². The van der Waals surface area contributed by atoms with E-state index in [2.05, 4.69) is 4.98 Å². The molecule has 1 aliphatic heterocycles. The number of anilines is 1. The lowest BCUT2D eigenvalue weighted by atomic mass is 9.95. The van der Waals surface area contributed by atoms with E-state index in [-0.39, 0.29) is 17.1 Å². The van der Waals surface area contributed by atoms with Gasteiger partial charge in [0.2, 0.25) is 0 Å². The van der Waals surface area contributed by atoms with Gasteiger partial charge in [0.1, 0.15) is 17.3 Å². The lowest BCUT2D eigenvalue weighted by molar-refractivity contribution is -0.132. The molecule has 2 heterocycles. The first-order valence-electron chi connectivity index (χ1n) is 10.5. The highest BCUT2D eigenvalue weighted by Crippen LogP contribution is 2.44. The number of benzene rings is 3. The van der Waals surface area contributed by atoms with Gasteiger partial charge in [-0.2, -0.15) is 0 Å². The SMILES string of the molecule is COc1cccc(C(O)=C2C(=O)C(=O)N(c3nc4ccc(C)cc4s3)[C@H]2c2ccc(O)cc2)c1. The number of aryl methyl sites for hydroxylation is 1. The highest BCUT2D eigenvalue weighted by molar-refractivity contribution is 7.22. The van der Waals surface area contributed by atoms with Crippen molar-refractivity contribution in [3.63, 3.8) is 0 Å². The van der Waals surface area contributed by atoms with E-state index in [0.717, 1.165) is 10.3 Å². The van der Waals surface area contributed by atoms with Gasteiger partial charge in [-0.05, 0) is 54.4 Å². The normalized spacial score (nSPS) is 17.5. The zero-order valence-corrected chi connectivity index (χ0v) is 19.2. The summed E-state index contributed by atoms with van der Waals surface area (Å²) in [4.78, 5) is 32.5. The van der Waals surface area contributed by atoms with E-state index in [4.69, 9.17) is 4.74 Å².